The van der Waals surface area contributed by atoms with E-state index < -0.39 is 8.07 Å². The number of ketones is 1. The van der Waals surface area contributed by atoms with E-state index in [0.717, 1.165) is 0 Å². The summed E-state index contributed by atoms with van der Waals surface area (Å²) in [5.41, 5.74) is 2.90. The molecule has 0 unspecified atom stereocenters. The van der Waals surface area contributed by atoms with E-state index in [1.54, 1.807) is 0 Å². The van der Waals surface area contributed by atoms with Gasteiger partial charge >= 0.3 is 0 Å². The molecule has 0 heterocycles. The van der Waals surface area contributed by atoms with E-state index in [9.17, 15) is 4.79 Å². The van der Waals surface area contributed by atoms with Crippen LogP contribution in [-0.2, 0) is 4.79 Å². The van der Waals surface area contributed by atoms with E-state index in [-0.39, 0.29) is 5.78 Å². The molecule has 1 nitrogen and oxygen atoms in total. The van der Waals surface area contributed by atoms with Crippen molar-refractivity contribution < 1.29 is 4.79 Å². The Kier molecular flexibility index (Phi) is 2.66. The van der Waals surface area contributed by atoms with Gasteiger partial charge in [0.1, 0.15) is 8.07 Å². The second-order valence-electron chi connectivity index (χ2n) is 2.92. The Bertz CT molecular complexity index is 166. The Morgan fingerprint density at radius 1 is 1.44 bits per heavy atom. The predicted molar refractivity (Wildman–Crippen MR) is 41.5 cm³/mol. The van der Waals surface area contributed by atoms with Gasteiger partial charge in [-0.1, -0.05) is 19.6 Å². The first-order chi connectivity index (χ1) is 3.92. The summed E-state index contributed by atoms with van der Waals surface area (Å²) in [7, 11) is -1.34. The molecule has 0 saturated carbocycles. The van der Waals surface area contributed by atoms with Crippen LogP contribution in [-0.4, -0.2) is 13.9 Å². The van der Waals surface area contributed by atoms with Crippen LogP contribution in [0.3, 0.4) is 0 Å². The van der Waals surface area contributed by atoms with Crippen molar-refractivity contribution in [2.75, 3.05) is 0 Å². The number of rotatable bonds is 0. The average Bonchev–Trinajstić information content (AvgIpc) is 1.59. The van der Waals surface area contributed by atoms with Crippen LogP contribution in [0.5, 0.6) is 0 Å². The van der Waals surface area contributed by atoms with Gasteiger partial charge in [0, 0.05) is 6.92 Å². The molecule has 0 bridgehead atoms. The molecule has 0 amide bonds. The van der Waals surface area contributed by atoms with Crippen molar-refractivity contribution in [1.82, 2.24) is 0 Å². The van der Waals surface area contributed by atoms with Gasteiger partial charge in [-0.15, -0.1) is 5.54 Å². The first-order valence-electron chi connectivity index (χ1n) is 2.81. The highest BCUT2D eigenvalue weighted by molar-refractivity contribution is 6.84. The van der Waals surface area contributed by atoms with Crippen molar-refractivity contribution in [2.45, 2.75) is 19.6 Å². The quantitative estimate of drug-likeness (QED) is 0.365. The SMILES string of the molecule is [CH2]C(=O)C#C[Si](C)(C)C. The second-order valence-corrected chi connectivity index (χ2v) is 7.67. The molecule has 0 saturated heterocycles. The van der Waals surface area contributed by atoms with Crippen LogP contribution in [0.15, 0.2) is 0 Å². The van der Waals surface area contributed by atoms with Crippen molar-refractivity contribution in [3.8, 4) is 11.5 Å². The van der Waals surface area contributed by atoms with Gasteiger partial charge in [0.05, 0.1) is 0 Å². The molecule has 0 aromatic rings. The summed E-state index contributed by atoms with van der Waals surface area (Å²) in [5, 5.41) is 0. The fraction of sp³-hybridized carbons (Fsp3) is 0.429. The van der Waals surface area contributed by atoms with Crippen molar-refractivity contribution in [1.29, 1.82) is 0 Å². The smallest absolute Gasteiger partial charge is 0.205 e. The van der Waals surface area contributed by atoms with Gasteiger partial charge in [0.2, 0.25) is 5.78 Å². The van der Waals surface area contributed by atoms with E-state index in [1.165, 1.54) is 0 Å². The fourth-order valence-corrected chi connectivity index (χ4v) is 0.772. The fourth-order valence-electron chi connectivity index (χ4n) is 0.257. The van der Waals surface area contributed by atoms with Gasteiger partial charge in [0.15, 0.2) is 0 Å². The minimum absolute atomic E-state index is 0.280. The maximum absolute atomic E-state index is 10.2. The lowest BCUT2D eigenvalue weighted by Gasteiger charge is -2.01. The van der Waals surface area contributed by atoms with Crippen molar-refractivity contribution in [3.05, 3.63) is 6.92 Å². The first-order valence-corrected chi connectivity index (χ1v) is 6.31. The van der Waals surface area contributed by atoms with Crippen molar-refractivity contribution in [3.63, 3.8) is 0 Å². The Labute approximate surface area is 57.5 Å². The highest BCUT2D eigenvalue weighted by Gasteiger charge is 2.07. The zero-order valence-corrected chi connectivity index (χ0v) is 7.12. The van der Waals surface area contributed by atoms with Gasteiger partial charge in [0.25, 0.3) is 0 Å². The van der Waals surface area contributed by atoms with Crippen molar-refractivity contribution in [2.24, 2.45) is 0 Å². The molecule has 0 aliphatic carbocycles. The molecule has 9 heavy (non-hydrogen) atoms. The lowest BCUT2D eigenvalue weighted by atomic mass is 10.5. The maximum atomic E-state index is 10.2. The third-order valence-corrected chi connectivity index (χ3v) is 1.45. The molecule has 0 atom stereocenters. The number of hydrogen-bond acceptors (Lipinski definition) is 1. The lowest BCUT2D eigenvalue weighted by molar-refractivity contribution is -0.109. The second kappa shape index (κ2) is 2.84. The largest absolute Gasteiger partial charge is 0.285 e. The Hall–Kier alpha value is -0.553. The number of carbonyl (C=O) groups excluding carboxylic acids is 1. The molecule has 0 fully saturated rings. The summed E-state index contributed by atoms with van der Waals surface area (Å²) in [6.45, 7) is 9.41. The van der Waals surface area contributed by atoms with Gasteiger partial charge in [-0.05, 0) is 5.92 Å². The van der Waals surface area contributed by atoms with Gasteiger partial charge in [-0.25, -0.2) is 0 Å². The van der Waals surface area contributed by atoms with Crippen molar-refractivity contribution >= 4 is 13.9 Å². The van der Waals surface area contributed by atoms with Crippen LogP contribution in [0.25, 0.3) is 0 Å². The molecule has 0 aliphatic heterocycles. The van der Waals surface area contributed by atoms with Gasteiger partial charge in [-0.2, -0.15) is 0 Å². The summed E-state index contributed by atoms with van der Waals surface area (Å²) in [6, 6.07) is 0. The molecule has 0 aromatic carbocycles. The van der Waals surface area contributed by atoms with E-state index in [0.29, 0.717) is 0 Å². The number of hydrogen-bond donors (Lipinski definition) is 0. The maximum Gasteiger partial charge on any atom is 0.205 e. The highest BCUT2D eigenvalue weighted by Crippen LogP contribution is 1.95. The minimum atomic E-state index is -1.34. The monoisotopic (exact) mass is 139 g/mol. The van der Waals surface area contributed by atoms with E-state index in [1.807, 2.05) is 0 Å². The van der Waals surface area contributed by atoms with Gasteiger partial charge in [-0.3, -0.25) is 4.79 Å². The predicted octanol–water partition coefficient (Wildman–Crippen LogP) is 1.27. The van der Waals surface area contributed by atoms with E-state index in [2.05, 4.69) is 38.0 Å². The molecule has 0 N–H and O–H groups in total. The summed E-state index contributed by atoms with van der Waals surface area (Å²) >= 11 is 0. The number of Topliss-reactive ketones (excluding diaryl/α,β-unsaturated/α-hetero) is 1. The zero-order chi connectivity index (χ0) is 7.49. The molecule has 0 aliphatic rings. The molecule has 0 aromatic heterocycles. The standard InChI is InChI=1S/C7H11OSi/c1-7(8)5-6-9(2,3)4/h1H2,2-4H3. The van der Waals surface area contributed by atoms with Crippen LogP contribution in [0.1, 0.15) is 0 Å². The first kappa shape index (κ1) is 8.45. The zero-order valence-electron chi connectivity index (χ0n) is 6.12. The third kappa shape index (κ3) is 7.45. The summed E-state index contributed by atoms with van der Waals surface area (Å²) < 4.78 is 0. The molecule has 49 valence electrons. The van der Waals surface area contributed by atoms with Crippen LogP contribution < -0.4 is 0 Å². The van der Waals surface area contributed by atoms with Crippen LogP contribution in [0.2, 0.25) is 19.6 Å². The van der Waals surface area contributed by atoms with E-state index >= 15 is 0 Å². The molecule has 0 spiro atoms. The normalized spacial score (nSPS) is 9.78. The third-order valence-electron chi connectivity index (χ3n) is 0.577. The average molecular weight is 139 g/mol. The molecular weight excluding hydrogens is 128 g/mol. The van der Waals surface area contributed by atoms with Crippen LogP contribution in [0.4, 0.5) is 0 Å². The Balaban J connectivity index is 4.04. The van der Waals surface area contributed by atoms with E-state index in [4.69, 9.17) is 0 Å². The topological polar surface area (TPSA) is 17.1 Å². The minimum Gasteiger partial charge on any atom is -0.285 e. The highest BCUT2D eigenvalue weighted by atomic mass is 28.3. The summed E-state index contributed by atoms with van der Waals surface area (Å²) in [5.74, 6) is 2.17. The van der Waals surface area contributed by atoms with Crippen LogP contribution in [0, 0.1) is 18.4 Å². The summed E-state index contributed by atoms with van der Waals surface area (Å²) in [4.78, 5) is 10.2. The van der Waals surface area contributed by atoms with Gasteiger partial charge < -0.3 is 0 Å². The molecule has 2 heteroatoms. The number of carbonyl (C=O) groups is 1. The molecular formula is C7H11OSi. The molecule has 0 rings (SSSR count). The lowest BCUT2D eigenvalue weighted by Crippen LogP contribution is -2.16. The summed E-state index contributed by atoms with van der Waals surface area (Å²) in [6.07, 6.45) is 0. The van der Waals surface area contributed by atoms with Crippen LogP contribution >= 0.6 is 0 Å². The Morgan fingerprint density at radius 3 is 2.00 bits per heavy atom. The Morgan fingerprint density at radius 2 is 1.89 bits per heavy atom. The molecule has 1 radical (unpaired) electrons.